The lowest BCUT2D eigenvalue weighted by molar-refractivity contribution is -0.122. The number of carbonyl (C=O) groups excluding carboxylic acids is 1. The Hall–Kier alpha value is -3.53. The van der Waals surface area contributed by atoms with Crippen molar-refractivity contribution in [3.05, 3.63) is 60.2 Å². The van der Waals surface area contributed by atoms with Crippen LogP contribution in [0.5, 0.6) is 0 Å². The predicted molar refractivity (Wildman–Crippen MR) is 114 cm³/mol. The maximum atomic E-state index is 12.3. The minimum Gasteiger partial charge on any atom is -0.483 e. The zero-order chi connectivity index (χ0) is 22.1. The first-order valence-electron chi connectivity index (χ1n) is 10.2. The Morgan fingerprint density at radius 1 is 1.19 bits per heavy atom. The first-order valence-corrected chi connectivity index (χ1v) is 10.2. The third-order valence-electron chi connectivity index (χ3n) is 5.21. The van der Waals surface area contributed by atoms with Gasteiger partial charge in [-0.25, -0.2) is 9.36 Å². The van der Waals surface area contributed by atoms with Crippen LogP contribution in [-0.2, 0) is 11.2 Å². The van der Waals surface area contributed by atoms with Crippen LogP contribution in [0.3, 0.4) is 0 Å². The van der Waals surface area contributed by atoms with E-state index < -0.39 is 0 Å². The molecule has 1 amide bonds. The minimum absolute atomic E-state index is 0.200. The highest BCUT2D eigenvalue weighted by atomic mass is 16.3. The van der Waals surface area contributed by atoms with E-state index in [0.29, 0.717) is 18.7 Å². The Kier molecular flexibility index (Phi) is 7.88. The quantitative estimate of drug-likeness (QED) is 0.509. The van der Waals surface area contributed by atoms with Crippen LogP contribution in [0.1, 0.15) is 47.8 Å². The Morgan fingerprint density at radius 3 is 2.61 bits per heavy atom. The third-order valence-corrected chi connectivity index (χ3v) is 5.21. The maximum absolute atomic E-state index is 12.3. The summed E-state index contributed by atoms with van der Waals surface area (Å²) in [5.41, 5.74) is 8.38. The molecule has 0 bridgehead atoms. The fraction of sp³-hybridized carbons (Fsp3) is 0.381. The van der Waals surface area contributed by atoms with Crippen LogP contribution < -0.4 is 11.1 Å². The summed E-state index contributed by atoms with van der Waals surface area (Å²) < 4.78 is 3.64. The van der Waals surface area contributed by atoms with E-state index in [4.69, 9.17) is 15.6 Å². The van der Waals surface area contributed by atoms with Crippen molar-refractivity contribution < 1.29 is 14.7 Å². The molecule has 31 heavy (non-hydrogen) atoms. The number of rotatable bonds is 6. The molecule has 1 fully saturated rings. The number of hydrogen-bond donors (Lipinski definition) is 3. The lowest BCUT2D eigenvalue weighted by atomic mass is 9.92. The summed E-state index contributed by atoms with van der Waals surface area (Å²) >= 11 is 0. The maximum Gasteiger partial charge on any atom is 0.290 e. The standard InChI is InChI=1S/C20H25N7O.CH2O2/c21-16-6-8-18(9-7-16)27-14-19(24-25-27)20(28)22-11-10-15-12-23-26(13-15)17-4-2-1-3-5-17;2-1-3/h1-5,12-14,16,18H,6-11,21H2,(H,22,28);1H,(H,2,3). The molecule has 1 aromatic carbocycles. The van der Waals surface area contributed by atoms with E-state index in [2.05, 4.69) is 20.7 Å². The van der Waals surface area contributed by atoms with Gasteiger partial charge in [0.25, 0.3) is 12.4 Å². The highest BCUT2D eigenvalue weighted by Gasteiger charge is 2.22. The van der Waals surface area contributed by atoms with Crippen LogP contribution in [0.4, 0.5) is 0 Å². The molecule has 4 rings (SSSR count). The van der Waals surface area contributed by atoms with Crippen LogP contribution in [0.2, 0.25) is 0 Å². The van der Waals surface area contributed by atoms with Crippen molar-refractivity contribution in [1.82, 2.24) is 30.1 Å². The zero-order valence-electron chi connectivity index (χ0n) is 17.2. The van der Waals surface area contributed by atoms with Gasteiger partial charge in [-0.1, -0.05) is 23.4 Å². The molecule has 2 heterocycles. The number of amides is 1. The summed E-state index contributed by atoms with van der Waals surface area (Å²) in [5.74, 6) is -0.200. The van der Waals surface area contributed by atoms with Crippen LogP contribution >= 0.6 is 0 Å². The van der Waals surface area contributed by atoms with E-state index in [1.807, 2.05) is 52.1 Å². The Labute approximate surface area is 180 Å². The highest BCUT2D eigenvalue weighted by Crippen LogP contribution is 2.26. The topological polar surface area (TPSA) is 141 Å². The average Bonchev–Trinajstić information content (AvgIpc) is 3.46. The molecule has 0 saturated heterocycles. The lowest BCUT2D eigenvalue weighted by Crippen LogP contribution is -2.28. The summed E-state index contributed by atoms with van der Waals surface area (Å²) in [6, 6.07) is 10.5. The largest absolute Gasteiger partial charge is 0.483 e. The van der Waals surface area contributed by atoms with Gasteiger partial charge >= 0.3 is 0 Å². The molecule has 10 nitrogen and oxygen atoms in total. The number of hydrogen-bond acceptors (Lipinski definition) is 6. The van der Waals surface area contributed by atoms with Gasteiger partial charge in [0.15, 0.2) is 5.69 Å². The summed E-state index contributed by atoms with van der Waals surface area (Å²) in [6.45, 7) is 0.268. The molecule has 4 N–H and O–H groups in total. The fourth-order valence-electron chi connectivity index (χ4n) is 3.55. The molecule has 0 spiro atoms. The molecule has 1 aliphatic rings. The van der Waals surface area contributed by atoms with Gasteiger partial charge in [-0.3, -0.25) is 9.59 Å². The monoisotopic (exact) mass is 425 g/mol. The smallest absolute Gasteiger partial charge is 0.290 e. The number of nitrogens with zero attached hydrogens (tertiary/aromatic N) is 5. The van der Waals surface area contributed by atoms with Gasteiger partial charge in [-0.2, -0.15) is 5.10 Å². The molecule has 2 aromatic heterocycles. The lowest BCUT2D eigenvalue weighted by Gasteiger charge is -2.25. The average molecular weight is 425 g/mol. The molecule has 0 atom stereocenters. The molecule has 1 saturated carbocycles. The third kappa shape index (κ3) is 6.22. The number of carboxylic acid groups (broad SMARTS) is 1. The molecule has 3 aromatic rings. The van der Waals surface area contributed by atoms with Crippen molar-refractivity contribution >= 4 is 12.4 Å². The minimum atomic E-state index is -0.250. The summed E-state index contributed by atoms with van der Waals surface area (Å²) in [7, 11) is 0. The second-order valence-electron chi connectivity index (χ2n) is 7.39. The zero-order valence-corrected chi connectivity index (χ0v) is 17.2. The van der Waals surface area contributed by atoms with E-state index in [1.165, 1.54) is 0 Å². The van der Waals surface area contributed by atoms with E-state index in [1.54, 1.807) is 6.20 Å². The normalized spacial score (nSPS) is 18.0. The molecule has 10 heteroatoms. The number of para-hydroxylation sites is 1. The number of benzene rings is 1. The van der Waals surface area contributed by atoms with Crippen molar-refractivity contribution in [2.45, 2.75) is 44.2 Å². The predicted octanol–water partition coefficient (Wildman–Crippen LogP) is 1.58. The van der Waals surface area contributed by atoms with Crippen molar-refractivity contribution in [2.75, 3.05) is 6.54 Å². The molecule has 0 radical (unpaired) electrons. The number of aromatic nitrogens is 5. The first kappa shape index (κ1) is 22.2. The van der Waals surface area contributed by atoms with Crippen molar-refractivity contribution in [3.63, 3.8) is 0 Å². The molecular formula is C21H27N7O3. The van der Waals surface area contributed by atoms with Gasteiger partial charge in [-0.15, -0.1) is 5.10 Å². The Bertz CT molecular complexity index is 962. The van der Waals surface area contributed by atoms with Gasteiger partial charge in [-0.05, 0) is 49.8 Å². The second kappa shape index (κ2) is 11.0. The van der Waals surface area contributed by atoms with Crippen molar-refractivity contribution in [2.24, 2.45) is 5.73 Å². The molecule has 164 valence electrons. The van der Waals surface area contributed by atoms with Gasteiger partial charge in [0.05, 0.1) is 24.1 Å². The summed E-state index contributed by atoms with van der Waals surface area (Å²) in [6.07, 6.45) is 10.2. The van der Waals surface area contributed by atoms with E-state index in [-0.39, 0.29) is 24.5 Å². The van der Waals surface area contributed by atoms with Crippen LogP contribution in [0.15, 0.2) is 48.9 Å². The summed E-state index contributed by atoms with van der Waals surface area (Å²) in [4.78, 5) is 20.7. The van der Waals surface area contributed by atoms with Crippen LogP contribution in [-0.4, -0.2) is 54.8 Å². The van der Waals surface area contributed by atoms with E-state index >= 15 is 0 Å². The van der Waals surface area contributed by atoms with Gasteiger partial charge < -0.3 is 16.2 Å². The number of nitrogens with two attached hydrogens (primary N) is 1. The van der Waals surface area contributed by atoms with E-state index in [0.717, 1.165) is 36.9 Å². The fourth-order valence-corrected chi connectivity index (χ4v) is 3.55. The van der Waals surface area contributed by atoms with E-state index in [9.17, 15) is 4.79 Å². The van der Waals surface area contributed by atoms with Gasteiger partial charge in [0.1, 0.15) is 0 Å². The molecular weight excluding hydrogens is 398 g/mol. The summed E-state index contributed by atoms with van der Waals surface area (Å²) in [5, 5.41) is 22.3. The molecule has 0 unspecified atom stereocenters. The molecule has 1 aliphatic carbocycles. The second-order valence-corrected chi connectivity index (χ2v) is 7.39. The highest BCUT2D eigenvalue weighted by molar-refractivity contribution is 5.91. The Balaban J connectivity index is 0.000000858. The Morgan fingerprint density at radius 2 is 1.90 bits per heavy atom. The van der Waals surface area contributed by atoms with Crippen LogP contribution in [0.25, 0.3) is 5.69 Å². The van der Waals surface area contributed by atoms with Gasteiger partial charge in [0, 0.05) is 18.8 Å². The van der Waals surface area contributed by atoms with Crippen LogP contribution in [0, 0.1) is 0 Å². The number of nitrogens with one attached hydrogen (secondary N) is 1. The number of carbonyl (C=O) groups is 2. The SMILES string of the molecule is NC1CCC(n2cc(C(=O)NCCc3cnn(-c4ccccc4)c3)nn2)CC1.O=CO. The first-order chi connectivity index (χ1) is 15.1. The molecule has 0 aliphatic heterocycles. The van der Waals surface area contributed by atoms with Gasteiger partial charge in [0.2, 0.25) is 0 Å². The van der Waals surface area contributed by atoms with Crippen molar-refractivity contribution in [1.29, 1.82) is 0 Å². The van der Waals surface area contributed by atoms with Crippen molar-refractivity contribution in [3.8, 4) is 5.69 Å².